The first-order valence-corrected chi connectivity index (χ1v) is 8.79. The first-order chi connectivity index (χ1) is 14.8. The van der Waals surface area contributed by atoms with Crippen LogP contribution in [0.5, 0.6) is 0 Å². The van der Waals surface area contributed by atoms with E-state index in [-0.39, 0.29) is 34.9 Å². The van der Waals surface area contributed by atoms with Crippen molar-refractivity contribution in [1.82, 2.24) is 0 Å². The van der Waals surface area contributed by atoms with Crippen LogP contribution in [0.15, 0.2) is 78.2 Å². The molecule has 1 heterocycles. The van der Waals surface area contributed by atoms with Gasteiger partial charge in [-0.25, -0.2) is 0 Å². The van der Waals surface area contributed by atoms with Crippen molar-refractivity contribution < 1.29 is 36.3 Å². The van der Waals surface area contributed by atoms with E-state index in [1.165, 1.54) is 30.3 Å². The zero-order chi connectivity index (χ0) is 22.4. The Hall–Kier alpha value is -4.26. The summed E-state index contributed by atoms with van der Waals surface area (Å²) in [5, 5.41) is 37.4. The fraction of sp³-hybridized carbons (Fsp3) is 0.0526. The van der Waals surface area contributed by atoms with Gasteiger partial charge >= 0.3 is 5.69 Å². The van der Waals surface area contributed by atoms with Gasteiger partial charge in [0, 0.05) is 35.9 Å². The van der Waals surface area contributed by atoms with Gasteiger partial charge < -0.3 is 17.0 Å². The number of nitro benzene ring substituents is 3. The van der Waals surface area contributed by atoms with Crippen LogP contribution in [0.2, 0.25) is 0 Å². The number of hydrogen-bond acceptors (Lipinski definition) is 8. The lowest BCUT2D eigenvalue weighted by molar-refractivity contribution is -0.681. The van der Waals surface area contributed by atoms with Gasteiger partial charge in [-0.3, -0.25) is 35.8 Å². The van der Waals surface area contributed by atoms with Gasteiger partial charge in [-0.2, -0.15) is 9.67 Å². The summed E-state index contributed by atoms with van der Waals surface area (Å²) in [6.07, 6.45) is 3.57. The third-order valence-electron chi connectivity index (χ3n) is 4.22. The molecule has 12 nitrogen and oxygen atoms in total. The molecule has 0 unspecified atom stereocenters. The second-order valence-corrected chi connectivity index (χ2v) is 6.24. The molecule has 0 aliphatic carbocycles. The summed E-state index contributed by atoms with van der Waals surface area (Å²) < 4.78 is 1.80. The molecule has 0 atom stereocenters. The molecule has 0 aliphatic heterocycles. The van der Waals surface area contributed by atoms with Gasteiger partial charge in [0.2, 0.25) is 0 Å². The number of hydrazone groups is 1. The zero-order valence-corrected chi connectivity index (χ0v) is 17.8. The third-order valence-corrected chi connectivity index (χ3v) is 4.22. The summed E-state index contributed by atoms with van der Waals surface area (Å²) in [4.78, 5) is 31.1. The number of nitro groups is 3. The second-order valence-electron chi connectivity index (χ2n) is 6.24. The van der Waals surface area contributed by atoms with Crippen molar-refractivity contribution in [2.45, 2.75) is 6.54 Å². The van der Waals surface area contributed by atoms with E-state index in [2.05, 4.69) is 10.5 Å². The molecular weight excluding hydrogens is 488 g/mol. The van der Waals surface area contributed by atoms with E-state index in [1.807, 2.05) is 18.2 Å². The van der Waals surface area contributed by atoms with Gasteiger partial charge in [-0.1, -0.05) is 6.07 Å². The van der Waals surface area contributed by atoms with Crippen LogP contribution in [0.4, 0.5) is 22.7 Å². The molecule has 164 valence electrons. The van der Waals surface area contributed by atoms with E-state index in [0.717, 1.165) is 12.1 Å². The van der Waals surface area contributed by atoms with Crippen molar-refractivity contribution in [2.75, 3.05) is 5.43 Å². The highest BCUT2D eigenvalue weighted by molar-refractivity contribution is 6.00. The van der Waals surface area contributed by atoms with E-state index in [4.69, 9.17) is 0 Å². The van der Waals surface area contributed by atoms with Crippen molar-refractivity contribution in [1.29, 1.82) is 0 Å². The maximum absolute atomic E-state index is 11.3. The molecule has 0 radical (unpaired) electrons. The molecule has 0 saturated heterocycles. The van der Waals surface area contributed by atoms with Gasteiger partial charge in [0.15, 0.2) is 18.9 Å². The standard InChI is InChI=1S/C19H15N6O6.BrH/c26-23(27)15-6-4-14(5-7-15)18(13-22-10-2-1-3-11-22)21-20-17-9-8-16(24(28)29)12-19(17)25(30)31;/h1-12,20H,13H2;1H/q+1;/p-1/b21-18+;. The van der Waals surface area contributed by atoms with E-state index in [1.54, 1.807) is 17.0 Å². The predicted molar refractivity (Wildman–Crippen MR) is 110 cm³/mol. The average Bonchev–Trinajstić information content (AvgIpc) is 2.77. The summed E-state index contributed by atoms with van der Waals surface area (Å²) >= 11 is 0. The van der Waals surface area contributed by atoms with E-state index >= 15 is 0 Å². The first-order valence-electron chi connectivity index (χ1n) is 8.79. The molecule has 1 aromatic heterocycles. The number of halogens is 1. The summed E-state index contributed by atoms with van der Waals surface area (Å²) in [5.74, 6) is 0. The number of nitrogens with one attached hydrogen (secondary N) is 1. The topological polar surface area (TPSA) is 158 Å². The highest BCUT2D eigenvalue weighted by Gasteiger charge is 2.20. The lowest BCUT2D eigenvalue weighted by atomic mass is 10.1. The Morgan fingerprint density at radius 2 is 1.44 bits per heavy atom. The van der Waals surface area contributed by atoms with E-state index in [0.29, 0.717) is 11.3 Å². The number of benzene rings is 2. The largest absolute Gasteiger partial charge is 1.00 e. The maximum Gasteiger partial charge on any atom is 0.301 e. The highest BCUT2D eigenvalue weighted by Crippen LogP contribution is 2.29. The van der Waals surface area contributed by atoms with Crippen molar-refractivity contribution >= 4 is 28.5 Å². The van der Waals surface area contributed by atoms with Gasteiger partial charge in [-0.05, 0) is 18.2 Å². The number of anilines is 1. The summed E-state index contributed by atoms with van der Waals surface area (Å²) in [6.45, 7) is 0.256. The molecule has 0 spiro atoms. The second kappa shape index (κ2) is 10.7. The van der Waals surface area contributed by atoms with Crippen LogP contribution in [0.1, 0.15) is 5.56 Å². The Bertz CT molecular complexity index is 1170. The Kier molecular flexibility index (Phi) is 8.01. The van der Waals surface area contributed by atoms with Gasteiger partial charge in [0.05, 0.1) is 20.8 Å². The SMILES string of the molecule is O=[N+]([O-])c1ccc(/C(C[n+]2ccccc2)=N/Nc2ccc([N+](=O)[O-])cc2[N+](=O)[O-])cc1.[Br-]. The highest BCUT2D eigenvalue weighted by atomic mass is 79.9. The Morgan fingerprint density at radius 1 is 0.844 bits per heavy atom. The molecule has 0 fully saturated rings. The van der Waals surface area contributed by atoms with Gasteiger partial charge in [0.1, 0.15) is 11.4 Å². The van der Waals surface area contributed by atoms with E-state index in [9.17, 15) is 30.3 Å². The number of rotatable bonds is 8. The van der Waals surface area contributed by atoms with Crippen LogP contribution in [-0.4, -0.2) is 20.5 Å². The average molecular weight is 503 g/mol. The van der Waals surface area contributed by atoms with Gasteiger partial charge in [-0.15, -0.1) is 0 Å². The summed E-state index contributed by atoms with van der Waals surface area (Å²) in [6, 6.07) is 14.3. The molecule has 1 N–H and O–H groups in total. The molecule has 0 aliphatic rings. The third kappa shape index (κ3) is 5.89. The number of non-ortho nitro benzene ring substituents is 2. The van der Waals surface area contributed by atoms with Crippen LogP contribution in [0.25, 0.3) is 0 Å². The first kappa shape index (κ1) is 24.0. The minimum Gasteiger partial charge on any atom is -1.00 e. The number of aromatic nitrogens is 1. The van der Waals surface area contributed by atoms with Crippen LogP contribution < -0.4 is 27.0 Å². The molecule has 13 heteroatoms. The van der Waals surface area contributed by atoms with Crippen LogP contribution >= 0.6 is 0 Å². The van der Waals surface area contributed by atoms with Gasteiger partial charge in [0.25, 0.3) is 11.4 Å². The van der Waals surface area contributed by atoms with Crippen molar-refractivity contribution in [2.24, 2.45) is 5.10 Å². The monoisotopic (exact) mass is 502 g/mol. The summed E-state index contributed by atoms with van der Waals surface area (Å²) in [5.41, 5.74) is 2.53. The van der Waals surface area contributed by atoms with Crippen molar-refractivity contribution in [3.8, 4) is 0 Å². The molecule has 0 saturated carbocycles. The van der Waals surface area contributed by atoms with Crippen LogP contribution in [0, 0.1) is 30.3 Å². The molecule has 3 rings (SSSR count). The lowest BCUT2D eigenvalue weighted by Crippen LogP contribution is -3.00. The Balaban J connectivity index is 0.00000363. The molecule has 0 amide bonds. The smallest absolute Gasteiger partial charge is 0.301 e. The molecular formula is C19H15BrN6O6. The molecule has 2 aromatic carbocycles. The van der Waals surface area contributed by atoms with Crippen molar-refractivity contribution in [3.63, 3.8) is 0 Å². The molecule has 32 heavy (non-hydrogen) atoms. The molecule has 3 aromatic rings. The zero-order valence-electron chi connectivity index (χ0n) is 16.2. The predicted octanol–water partition coefficient (Wildman–Crippen LogP) is 0.219. The summed E-state index contributed by atoms with van der Waals surface area (Å²) in [7, 11) is 0. The van der Waals surface area contributed by atoms with Crippen LogP contribution in [0.3, 0.4) is 0 Å². The Labute approximate surface area is 191 Å². The van der Waals surface area contributed by atoms with E-state index < -0.39 is 26.1 Å². The van der Waals surface area contributed by atoms with Crippen LogP contribution in [-0.2, 0) is 6.54 Å². The minimum absolute atomic E-state index is 0. The minimum atomic E-state index is -0.748. The fourth-order valence-electron chi connectivity index (χ4n) is 2.69. The lowest BCUT2D eigenvalue weighted by Gasteiger charge is -2.07. The number of nitrogens with zero attached hydrogens (tertiary/aromatic N) is 5. The molecule has 0 bridgehead atoms. The van der Waals surface area contributed by atoms with Crippen molar-refractivity contribution in [3.05, 3.63) is 109 Å². The fourth-order valence-corrected chi connectivity index (χ4v) is 2.69. The maximum atomic E-state index is 11.3. The Morgan fingerprint density at radius 3 is 2.00 bits per heavy atom. The number of hydrogen-bond donors (Lipinski definition) is 1. The quantitative estimate of drug-likeness (QED) is 0.199. The normalized spacial score (nSPS) is 10.7. The number of pyridine rings is 1.